The molecule has 3 nitrogen and oxygen atoms in total. The molecule has 0 bridgehead atoms. The van der Waals surface area contributed by atoms with E-state index in [1.807, 2.05) is 0 Å². The Hall–Kier alpha value is -0.120. The summed E-state index contributed by atoms with van der Waals surface area (Å²) in [5.41, 5.74) is -0.0120. The number of hydrogen-bond acceptors (Lipinski definition) is 3. The van der Waals surface area contributed by atoms with E-state index in [1.165, 1.54) is 6.42 Å². The Bertz CT molecular complexity index is 208. The van der Waals surface area contributed by atoms with Gasteiger partial charge >= 0.3 is 0 Å². The van der Waals surface area contributed by atoms with Gasteiger partial charge in [0.05, 0.1) is 6.61 Å². The van der Waals surface area contributed by atoms with Crippen molar-refractivity contribution in [1.82, 2.24) is 10.2 Å². The summed E-state index contributed by atoms with van der Waals surface area (Å²) in [5, 5.41) is 13.2. The van der Waals surface area contributed by atoms with Crippen molar-refractivity contribution in [2.45, 2.75) is 38.6 Å². The Morgan fingerprint density at radius 3 is 2.50 bits per heavy atom. The second-order valence-electron chi connectivity index (χ2n) is 5.87. The minimum absolute atomic E-state index is 0.0120. The van der Waals surface area contributed by atoms with Crippen LogP contribution in [0, 0.1) is 11.8 Å². The van der Waals surface area contributed by atoms with Crippen LogP contribution in [0.2, 0.25) is 0 Å². The van der Waals surface area contributed by atoms with E-state index in [4.69, 9.17) is 0 Å². The molecule has 3 heteroatoms. The van der Waals surface area contributed by atoms with Gasteiger partial charge in [-0.05, 0) is 45.2 Å². The summed E-state index contributed by atoms with van der Waals surface area (Å²) in [6.07, 6.45) is 3.46. The summed E-state index contributed by atoms with van der Waals surface area (Å²) in [7, 11) is 4.16. The molecule has 1 aliphatic rings. The zero-order chi connectivity index (χ0) is 12.2. The van der Waals surface area contributed by atoms with E-state index in [0.717, 1.165) is 31.8 Å². The standard InChI is InChI=1S/C13H28N2O/c1-11-5-6-13(10-16,9-12(11)2)14-7-8-15(3)4/h11-12,14,16H,5-10H2,1-4H3. The lowest BCUT2D eigenvalue weighted by molar-refractivity contribution is 0.0752. The predicted molar refractivity (Wildman–Crippen MR) is 68.6 cm³/mol. The number of likely N-dealkylation sites (N-methyl/N-ethyl adjacent to an activating group) is 1. The molecule has 0 heterocycles. The average molecular weight is 228 g/mol. The zero-order valence-corrected chi connectivity index (χ0v) is 11.3. The molecular formula is C13H28N2O. The molecule has 3 atom stereocenters. The third kappa shape index (κ3) is 3.72. The lowest BCUT2D eigenvalue weighted by Gasteiger charge is -2.42. The summed E-state index contributed by atoms with van der Waals surface area (Å²) in [6, 6.07) is 0. The maximum absolute atomic E-state index is 9.63. The van der Waals surface area contributed by atoms with Crippen molar-refractivity contribution in [2.75, 3.05) is 33.8 Å². The predicted octanol–water partition coefficient (Wildman–Crippen LogP) is 1.32. The van der Waals surface area contributed by atoms with Gasteiger partial charge in [-0.1, -0.05) is 13.8 Å². The molecule has 0 aromatic heterocycles. The van der Waals surface area contributed by atoms with Crippen molar-refractivity contribution in [1.29, 1.82) is 0 Å². The normalized spacial score (nSPS) is 35.6. The highest BCUT2D eigenvalue weighted by atomic mass is 16.3. The minimum Gasteiger partial charge on any atom is -0.394 e. The van der Waals surface area contributed by atoms with Crippen LogP contribution >= 0.6 is 0 Å². The smallest absolute Gasteiger partial charge is 0.0613 e. The van der Waals surface area contributed by atoms with Gasteiger partial charge in [-0.15, -0.1) is 0 Å². The van der Waals surface area contributed by atoms with Gasteiger partial charge in [-0.3, -0.25) is 0 Å². The second-order valence-corrected chi connectivity index (χ2v) is 5.87. The average Bonchev–Trinajstić information content (AvgIpc) is 2.23. The Morgan fingerprint density at radius 2 is 2.00 bits per heavy atom. The molecule has 0 saturated heterocycles. The number of nitrogens with zero attached hydrogens (tertiary/aromatic N) is 1. The fourth-order valence-corrected chi connectivity index (χ4v) is 2.61. The summed E-state index contributed by atoms with van der Waals surface area (Å²) >= 11 is 0. The summed E-state index contributed by atoms with van der Waals surface area (Å²) < 4.78 is 0. The highest BCUT2D eigenvalue weighted by molar-refractivity contribution is 4.94. The topological polar surface area (TPSA) is 35.5 Å². The minimum atomic E-state index is -0.0120. The Labute approximate surface area is 100 Å². The van der Waals surface area contributed by atoms with Gasteiger partial charge in [0.25, 0.3) is 0 Å². The number of hydrogen-bond donors (Lipinski definition) is 2. The van der Waals surface area contributed by atoms with E-state index < -0.39 is 0 Å². The highest BCUT2D eigenvalue weighted by Gasteiger charge is 2.36. The maximum Gasteiger partial charge on any atom is 0.0613 e. The van der Waals surface area contributed by atoms with E-state index in [1.54, 1.807) is 0 Å². The molecule has 0 aromatic rings. The van der Waals surface area contributed by atoms with Crippen LogP contribution in [0.15, 0.2) is 0 Å². The Kier molecular flexibility index (Phi) is 5.22. The van der Waals surface area contributed by atoms with Gasteiger partial charge in [0.1, 0.15) is 0 Å². The zero-order valence-electron chi connectivity index (χ0n) is 11.3. The van der Waals surface area contributed by atoms with Gasteiger partial charge in [-0.2, -0.15) is 0 Å². The van der Waals surface area contributed by atoms with Crippen LogP contribution in [0.25, 0.3) is 0 Å². The molecule has 1 aliphatic carbocycles. The number of rotatable bonds is 5. The number of nitrogens with one attached hydrogen (secondary N) is 1. The van der Waals surface area contributed by atoms with Crippen molar-refractivity contribution >= 4 is 0 Å². The largest absolute Gasteiger partial charge is 0.394 e. The van der Waals surface area contributed by atoms with Crippen molar-refractivity contribution in [3.8, 4) is 0 Å². The third-order valence-electron chi connectivity index (χ3n) is 4.12. The number of aliphatic hydroxyl groups excluding tert-OH is 1. The van der Waals surface area contributed by atoms with Gasteiger partial charge in [0.15, 0.2) is 0 Å². The Balaban J connectivity index is 2.44. The molecule has 1 fully saturated rings. The van der Waals surface area contributed by atoms with Crippen LogP contribution in [-0.4, -0.2) is 49.3 Å². The van der Waals surface area contributed by atoms with Crippen molar-refractivity contribution in [3.05, 3.63) is 0 Å². The molecule has 0 aliphatic heterocycles. The van der Waals surface area contributed by atoms with Gasteiger partial charge in [0, 0.05) is 18.6 Å². The van der Waals surface area contributed by atoms with Crippen LogP contribution in [0.5, 0.6) is 0 Å². The van der Waals surface area contributed by atoms with E-state index in [9.17, 15) is 5.11 Å². The molecule has 16 heavy (non-hydrogen) atoms. The van der Waals surface area contributed by atoms with E-state index in [2.05, 4.69) is 38.2 Å². The Morgan fingerprint density at radius 1 is 1.31 bits per heavy atom. The van der Waals surface area contributed by atoms with Crippen LogP contribution in [0.3, 0.4) is 0 Å². The molecule has 96 valence electrons. The molecule has 1 rings (SSSR count). The quantitative estimate of drug-likeness (QED) is 0.745. The summed E-state index contributed by atoms with van der Waals surface area (Å²) in [4.78, 5) is 2.17. The maximum atomic E-state index is 9.63. The van der Waals surface area contributed by atoms with Crippen LogP contribution < -0.4 is 5.32 Å². The van der Waals surface area contributed by atoms with Gasteiger partial charge in [0.2, 0.25) is 0 Å². The summed E-state index contributed by atoms with van der Waals surface area (Å²) in [5.74, 6) is 1.52. The molecule has 0 aromatic carbocycles. The van der Waals surface area contributed by atoms with Crippen molar-refractivity contribution in [3.63, 3.8) is 0 Å². The monoisotopic (exact) mass is 228 g/mol. The van der Waals surface area contributed by atoms with E-state index in [-0.39, 0.29) is 12.1 Å². The van der Waals surface area contributed by atoms with Crippen molar-refractivity contribution < 1.29 is 5.11 Å². The molecule has 0 amide bonds. The highest BCUT2D eigenvalue weighted by Crippen LogP contribution is 2.35. The van der Waals surface area contributed by atoms with Crippen LogP contribution in [0.4, 0.5) is 0 Å². The lowest BCUT2D eigenvalue weighted by atomic mass is 9.71. The van der Waals surface area contributed by atoms with E-state index >= 15 is 0 Å². The number of aliphatic hydroxyl groups is 1. The first kappa shape index (κ1) is 13.9. The van der Waals surface area contributed by atoms with Crippen molar-refractivity contribution in [2.24, 2.45) is 11.8 Å². The first-order valence-electron chi connectivity index (χ1n) is 6.50. The molecule has 0 spiro atoms. The van der Waals surface area contributed by atoms with E-state index in [0.29, 0.717) is 5.92 Å². The van der Waals surface area contributed by atoms with Gasteiger partial charge < -0.3 is 15.3 Å². The first-order valence-corrected chi connectivity index (χ1v) is 6.50. The van der Waals surface area contributed by atoms with Gasteiger partial charge in [-0.25, -0.2) is 0 Å². The first-order chi connectivity index (χ1) is 7.49. The molecule has 2 N–H and O–H groups in total. The molecular weight excluding hydrogens is 200 g/mol. The molecule has 1 saturated carbocycles. The molecule has 0 radical (unpaired) electrons. The second kappa shape index (κ2) is 5.99. The fourth-order valence-electron chi connectivity index (χ4n) is 2.61. The SMILES string of the molecule is CC1CCC(CO)(NCCN(C)C)CC1C. The summed E-state index contributed by atoms with van der Waals surface area (Å²) in [6.45, 7) is 6.91. The van der Waals surface area contributed by atoms with Crippen LogP contribution in [-0.2, 0) is 0 Å². The van der Waals surface area contributed by atoms with Crippen LogP contribution in [0.1, 0.15) is 33.1 Å². The lowest BCUT2D eigenvalue weighted by Crippen LogP contribution is -2.54. The fraction of sp³-hybridized carbons (Fsp3) is 1.00. The third-order valence-corrected chi connectivity index (χ3v) is 4.12. The molecule has 3 unspecified atom stereocenters.